The zero-order valence-corrected chi connectivity index (χ0v) is 5.43. The Morgan fingerprint density at radius 1 is 1.08 bits per heavy atom. The molecular formula is C5H3F7. The van der Waals surface area contributed by atoms with E-state index in [2.05, 4.69) is 0 Å². The van der Waals surface area contributed by atoms with Crippen molar-refractivity contribution >= 4 is 0 Å². The van der Waals surface area contributed by atoms with Crippen LogP contribution in [0.5, 0.6) is 0 Å². The molecule has 0 amide bonds. The first-order valence-electron chi connectivity index (χ1n) is 2.90. The van der Waals surface area contributed by atoms with E-state index in [1.807, 2.05) is 0 Å². The van der Waals surface area contributed by atoms with Gasteiger partial charge in [-0.25, -0.2) is 8.78 Å². The summed E-state index contributed by atoms with van der Waals surface area (Å²) in [6.07, 6.45) is -10.6. The minimum absolute atomic E-state index is 1.82. The van der Waals surface area contributed by atoms with Gasteiger partial charge in [0.2, 0.25) is 0 Å². The molecule has 1 aliphatic carbocycles. The molecule has 1 rings (SSSR count). The molecule has 0 nitrogen and oxygen atoms in total. The van der Waals surface area contributed by atoms with Gasteiger partial charge in [0.15, 0.2) is 6.17 Å². The van der Waals surface area contributed by atoms with Crippen molar-refractivity contribution in [3.63, 3.8) is 0 Å². The molecular weight excluding hydrogens is 193 g/mol. The Bertz CT molecular complexity index is 194. The Morgan fingerprint density at radius 3 is 1.58 bits per heavy atom. The predicted octanol–water partition coefficient (Wildman–Crippen LogP) is 2.63. The molecule has 0 aromatic rings. The lowest BCUT2D eigenvalue weighted by atomic mass is 9.75. The fourth-order valence-electron chi connectivity index (χ4n) is 0.933. The number of hydrogen-bond acceptors (Lipinski definition) is 0. The molecule has 12 heavy (non-hydrogen) atoms. The first kappa shape index (κ1) is 9.60. The molecule has 0 aromatic heterocycles. The van der Waals surface area contributed by atoms with Crippen molar-refractivity contribution in [2.75, 3.05) is 0 Å². The summed E-state index contributed by atoms with van der Waals surface area (Å²) in [4.78, 5) is 0. The largest absolute Gasteiger partial charge is 0.428 e. The zero-order valence-electron chi connectivity index (χ0n) is 5.43. The van der Waals surface area contributed by atoms with Crippen LogP contribution >= 0.6 is 0 Å². The number of alkyl halides is 7. The van der Waals surface area contributed by atoms with Gasteiger partial charge in [0, 0.05) is 6.42 Å². The number of rotatable bonds is 0. The van der Waals surface area contributed by atoms with E-state index in [4.69, 9.17) is 0 Å². The SMILES string of the molecule is FC1CC(F)(C(F)(F)F)C1(F)F. The van der Waals surface area contributed by atoms with Crippen LogP contribution < -0.4 is 0 Å². The van der Waals surface area contributed by atoms with Crippen LogP contribution in [0.3, 0.4) is 0 Å². The molecule has 0 aliphatic heterocycles. The zero-order chi connectivity index (χ0) is 9.78. The lowest BCUT2D eigenvalue weighted by Gasteiger charge is -2.45. The van der Waals surface area contributed by atoms with Crippen LogP contribution in [0.1, 0.15) is 6.42 Å². The molecule has 72 valence electrons. The quantitative estimate of drug-likeness (QED) is 0.522. The Kier molecular flexibility index (Phi) is 1.64. The third-order valence-electron chi connectivity index (χ3n) is 1.83. The van der Waals surface area contributed by atoms with Crippen molar-refractivity contribution in [2.24, 2.45) is 0 Å². The van der Waals surface area contributed by atoms with E-state index in [9.17, 15) is 30.7 Å². The second kappa shape index (κ2) is 2.05. The Morgan fingerprint density at radius 2 is 1.50 bits per heavy atom. The van der Waals surface area contributed by atoms with E-state index in [-0.39, 0.29) is 0 Å². The van der Waals surface area contributed by atoms with Crippen LogP contribution in [0.4, 0.5) is 30.7 Å². The van der Waals surface area contributed by atoms with E-state index in [1.54, 1.807) is 0 Å². The first-order valence-corrected chi connectivity index (χ1v) is 2.90. The maximum absolute atomic E-state index is 12.3. The number of halogens is 7. The lowest BCUT2D eigenvalue weighted by Crippen LogP contribution is -2.69. The topological polar surface area (TPSA) is 0 Å². The van der Waals surface area contributed by atoms with Crippen LogP contribution in [-0.4, -0.2) is 23.9 Å². The van der Waals surface area contributed by atoms with Gasteiger partial charge in [-0.2, -0.15) is 22.0 Å². The van der Waals surface area contributed by atoms with Crippen LogP contribution in [0, 0.1) is 0 Å². The molecule has 0 radical (unpaired) electrons. The predicted molar refractivity (Wildman–Crippen MR) is 24.4 cm³/mol. The molecule has 2 unspecified atom stereocenters. The summed E-state index contributed by atoms with van der Waals surface area (Å²) in [7, 11) is 0. The average molecular weight is 196 g/mol. The molecule has 0 bridgehead atoms. The summed E-state index contributed by atoms with van der Waals surface area (Å²) in [5.74, 6) is -4.94. The van der Waals surface area contributed by atoms with Gasteiger partial charge in [0.05, 0.1) is 0 Å². The van der Waals surface area contributed by atoms with E-state index < -0.39 is 30.4 Å². The third-order valence-corrected chi connectivity index (χ3v) is 1.83. The van der Waals surface area contributed by atoms with Gasteiger partial charge < -0.3 is 0 Å². The molecule has 1 saturated carbocycles. The molecule has 0 heterocycles. The highest BCUT2D eigenvalue weighted by Crippen LogP contribution is 2.59. The van der Waals surface area contributed by atoms with E-state index in [0.29, 0.717) is 0 Å². The Balaban J connectivity index is 2.91. The Hall–Kier alpha value is -0.490. The van der Waals surface area contributed by atoms with Gasteiger partial charge in [-0.15, -0.1) is 0 Å². The van der Waals surface area contributed by atoms with Crippen LogP contribution in [0.2, 0.25) is 0 Å². The van der Waals surface area contributed by atoms with Gasteiger partial charge in [0.25, 0.3) is 5.67 Å². The number of hydrogen-bond donors (Lipinski definition) is 0. The minimum atomic E-state index is -5.71. The molecule has 0 aromatic carbocycles. The summed E-state index contributed by atoms with van der Waals surface area (Å²) in [5, 5.41) is 0. The molecule has 1 aliphatic rings. The standard InChI is InChI=1S/C5H3F7/c6-2-1-3(7,4(2,8)9)5(10,11)12/h2H,1H2. The minimum Gasteiger partial charge on any atom is -0.241 e. The third kappa shape index (κ3) is 0.847. The first-order chi connectivity index (χ1) is 5.13. The highest BCUT2D eigenvalue weighted by atomic mass is 19.4. The van der Waals surface area contributed by atoms with E-state index >= 15 is 0 Å². The van der Waals surface area contributed by atoms with Crippen molar-refractivity contribution < 1.29 is 30.7 Å². The smallest absolute Gasteiger partial charge is 0.241 e. The summed E-state index contributed by atoms with van der Waals surface area (Å²) in [6, 6.07) is 0. The maximum Gasteiger partial charge on any atom is 0.428 e. The molecule has 0 saturated heterocycles. The van der Waals surface area contributed by atoms with Crippen LogP contribution in [0.25, 0.3) is 0 Å². The van der Waals surface area contributed by atoms with Gasteiger partial charge in [-0.1, -0.05) is 0 Å². The molecule has 2 atom stereocenters. The monoisotopic (exact) mass is 196 g/mol. The normalized spacial score (nSPS) is 40.8. The van der Waals surface area contributed by atoms with Crippen LogP contribution in [0.15, 0.2) is 0 Å². The summed E-state index contributed by atoms with van der Waals surface area (Å²) in [6.45, 7) is 0. The van der Waals surface area contributed by atoms with Crippen molar-refractivity contribution in [2.45, 2.75) is 30.4 Å². The fraction of sp³-hybridized carbons (Fsp3) is 1.00. The second-order valence-corrected chi connectivity index (χ2v) is 2.59. The fourth-order valence-corrected chi connectivity index (χ4v) is 0.933. The second-order valence-electron chi connectivity index (χ2n) is 2.59. The average Bonchev–Trinajstić information content (AvgIpc) is 1.85. The molecule has 1 fully saturated rings. The van der Waals surface area contributed by atoms with Crippen molar-refractivity contribution in [1.82, 2.24) is 0 Å². The van der Waals surface area contributed by atoms with Crippen molar-refractivity contribution in [3.8, 4) is 0 Å². The summed E-state index contributed by atoms with van der Waals surface area (Å²) >= 11 is 0. The van der Waals surface area contributed by atoms with Gasteiger partial charge in [-0.05, 0) is 0 Å². The molecule has 0 N–H and O–H groups in total. The summed E-state index contributed by atoms with van der Waals surface area (Å²) in [5.41, 5.74) is -4.68. The highest BCUT2D eigenvalue weighted by Gasteiger charge is 2.82. The Labute approximate surface area is 62.4 Å². The molecule has 7 heteroatoms. The van der Waals surface area contributed by atoms with E-state index in [0.717, 1.165) is 0 Å². The highest BCUT2D eigenvalue weighted by molar-refractivity contribution is 5.14. The van der Waals surface area contributed by atoms with Gasteiger partial charge >= 0.3 is 12.1 Å². The molecule has 0 spiro atoms. The van der Waals surface area contributed by atoms with Gasteiger partial charge in [0.1, 0.15) is 0 Å². The van der Waals surface area contributed by atoms with Crippen molar-refractivity contribution in [3.05, 3.63) is 0 Å². The van der Waals surface area contributed by atoms with Crippen molar-refractivity contribution in [1.29, 1.82) is 0 Å². The van der Waals surface area contributed by atoms with Gasteiger partial charge in [-0.3, -0.25) is 0 Å². The lowest BCUT2D eigenvalue weighted by molar-refractivity contribution is -0.367. The van der Waals surface area contributed by atoms with E-state index in [1.165, 1.54) is 0 Å². The maximum atomic E-state index is 12.3. The van der Waals surface area contributed by atoms with Crippen LogP contribution in [-0.2, 0) is 0 Å². The summed E-state index contributed by atoms with van der Waals surface area (Å²) < 4.78 is 82.8.